The van der Waals surface area contributed by atoms with E-state index >= 15 is 0 Å². The molecule has 1 aliphatic rings. The molecule has 1 saturated carbocycles. The third kappa shape index (κ3) is 3.60. The molecule has 1 aliphatic carbocycles. The van der Waals surface area contributed by atoms with Crippen LogP contribution >= 0.6 is 15.9 Å². The summed E-state index contributed by atoms with van der Waals surface area (Å²) < 4.78 is 1.16. The Morgan fingerprint density at radius 3 is 2.74 bits per heavy atom. The molecule has 0 heterocycles. The van der Waals surface area contributed by atoms with Crippen LogP contribution in [0.2, 0.25) is 0 Å². The molecule has 0 radical (unpaired) electrons. The average molecular weight is 322 g/mol. The van der Waals surface area contributed by atoms with Crippen molar-refractivity contribution in [2.75, 3.05) is 13.1 Å². The third-order valence-electron chi connectivity index (χ3n) is 3.42. The van der Waals surface area contributed by atoms with Crippen LogP contribution in [0.15, 0.2) is 45.9 Å². The van der Waals surface area contributed by atoms with Gasteiger partial charge in [-0.05, 0) is 31.4 Å². The minimum absolute atomic E-state index is 0.176. The summed E-state index contributed by atoms with van der Waals surface area (Å²) in [7, 11) is 0. The number of benzene rings is 1. The topological polar surface area (TPSA) is 50.4 Å². The normalized spacial score (nSPS) is 17.1. The van der Waals surface area contributed by atoms with Crippen LogP contribution in [-0.2, 0) is 5.41 Å². The maximum Gasteiger partial charge on any atom is 0.188 e. The zero-order valence-corrected chi connectivity index (χ0v) is 12.8. The van der Waals surface area contributed by atoms with E-state index in [1.807, 2.05) is 13.0 Å². The van der Waals surface area contributed by atoms with Crippen molar-refractivity contribution in [2.24, 2.45) is 10.7 Å². The lowest BCUT2D eigenvalue weighted by Gasteiger charge is -2.15. The van der Waals surface area contributed by atoms with Crippen molar-refractivity contribution < 1.29 is 0 Å². The molecular weight excluding hydrogens is 302 g/mol. The highest BCUT2D eigenvalue weighted by Crippen LogP contribution is 2.50. The molecule has 4 heteroatoms. The van der Waals surface area contributed by atoms with Crippen molar-refractivity contribution in [2.45, 2.75) is 25.2 Å². The predicted octanol–water partition coefficient (Wildman–Crippen LogP) is 2.96. The fraction of sp³-hybridized carbons (Fsp3) is 0.400. The van der Waals surface area contributed by atoms with Gasteiger partial charge in [-0.15, -0.1) is 0 Å². The van der Waals surface area contributed by atoms with E-state index in [0.29, 0.717) is 12.5 Å². The van der Waals surface area contributed by atoms with Crippen LogP contribution in [0.5, 0.6) is 0 Å². The van der Waals surface area contributed by atoms with Crippen molar-refractivity contribution in [1.29, 1.82) is 0 Å². The Morgan fingerprint density at radius 1 is 1.47 bits per heavy atom. The largest absolute Gasteiger partial charge is 0.370 e. The van der Waals surface area contributed by atoms with Crippen LogP contribution < -0.4 is 11.1 Å². The summed E-state index contributed by atoms with van der Waals surface area (Å²) in [5, 5.41) is 3.07. The van der Waals surface area contributed by atoms with Crippen molar-refractivity contribution in [3.8, 4) is 0 Å². The number of nitrogens with zero attached hydrogens (tertiary/aromatic N) is 1. The highest BCUT2D eigenvalue weighted by molar-refractivity contribution is 9.10. The van der Waals surface area contributed by atoms with E-state index < -0.39 is 0 Å². The van der Waals surface area contributed by atoms with Crippen molar-refractivity contribution in [1.82, 2.24) is 5.32 Å². The molecule has 1 aromatic carbocycles. The molecule has 3 N–H and O–H groups in total. The first kappa shape index (κ1) is 14.1. The van der Waals surface area contributed by atoms with Crippen molar-refractivity contribution in [3.63, 3.8) is 0 Å². The molecule has 0 saturated heterocycles. The van der Waals surface area contributed by atoms with Gasteiger partial charge in [0.25, 0.3) is 0 Å². The molecule has 19 heavy (non-hydrogen) atoms. The van der Waals surface area contributed by atoms with E-state index in [-0.39, 0.29) is 5.41 Å². The van der Waals surface area contributed by atoms with Gasteiger partial charge >= 0.3 is 0 Å². The van der Waals surface area contributed by atoms with Gasteiger partial charge in [-0.3, -0.25) is 4.99 Å². The molecule has 0 bridgehead atoms. The second-order valence-electron chi connectivity index (χ2n) is 5.27. The molecule has 0 spiro atoms. The molecule has 0 unspecified atom stereocenters. The number of nitrogens with two attached hydrogens (primary N) is 1. The highest BCUT2D eigenvalue weighted by Gasteiger charge is 2.45. The summed E-state index contributed by atoms with van der Waals surface area (Å²) in [6, 6.07) is 8.37. The molecule has 102 valence electrons. The second-order valence-corrected chi connectivity index (χ2v) is 6.13. The van der Waals surface area contributed by atoms with Crippen molar-refractivity contribution in [3.05, 3.63) is 46.5 Å². The fourth-order valence-electron chi connectivity index (χ4n) is 2.09. The van der Waals surface area contributed by atoms with Crippen LogP contribution in [-0.4, -0.2) is 19.0 Å². The minimum atomic E-state index is 0.176. The standard InChI is InChI=1S/C15H20BrN3/c1-11(2)9-18-14(17)19-10-15(7-8-15)12-5-3-4-6-13(12)16/h3-6H,1,7-10H2,2H3,(H3,17,18,19). The van der Waals surface area contributed by atoms with E-state index in [2.05, 4.69) is 51.0 Å². The van der Waals surface area contributed by atoms with E-state index in [9.17, 15) is 0 Å². The number of hydrogen-bond acceptors (Lipinski definition) is 1. The lowest BCUT2D eigenvalue weighted by Crippen LogP contribution is -2.33. The summed E-state index contributed by atoms with van der Waals surface area (Å²) in [5.74, 6) is 0.501. The second kappa shape index (κ2) is 5.78. The zero-order chi connectivity index (χ0) is 13.9. The number of halogens is 1. The van der Waals surface area contributed by atoms with Crippen LogP contribution in [0, 0.1) is 0 Å². The molecular formula is C15H20BrN3. The average Bonchev–Trinajstić information content (AvgIpc) is 3.15. The van der Waals surface area contributed by atoms with Crippen LogP contribution in [0.3, 0.4) is 0 Å². The van der Waals surface area contributed by atoms with Gasteiger partial charge in [0.1, 0.15) is 0 Å². The monoisotopic (exact) mass is 321 g/mol. The molecule has 2 rings (SSSR count). The summed E-state index contributed by atoms with van der Waals surface area (Å²) in [4.78, 5) is 4.47. The molecule has 3 nitrogen and oxygen atoms in total. The Bertz CT molecular complexity index is 504. The smallest absolute Gasteiger partial charge is 0.188 e. The lowest BCUT2D eigenvalue weighted by molar-refractivity contribution is 0.698. The predicted molar refractivity (Wildman–Crippen MR) is 84.4 cm³/mol. The Morgan fingerprint density at radius 2 is 2.16 bits per heavy atom. The Balaban J connectivity index is 2.01. The van der Waals surface area contributed by atoms with Crippen LogP contribution in [0.25, 0.3) is 0 Å². The molecule has 1 fully saturated rings. The first-order chi connectivity index (χ1) is 9.03. The van der Waals surface area contributed by atoms with E-state index in [1.165, 1.54) is 18.4 Å². The fourth-order valence-corrected chi connectivity index (χ4v) is 2.79. The van der Waals surface area contributed by atoms with Gasteiger partial charge < -0.3 is 11.1 Å². The SMILES string of the molecule is C=C(C)CNC(N)=NCC1(c2ccccc2Br)CC1. The quantitative estimate of drug-likeness (QED) is 0.497. The Hall–Kier alpha value is -1.29. The molecule has 0 aliphatic heterocycles. The molecule has 0 aromatic heterocycles. The first-order valence-corrected chi connectivity index (χ1v) is 7.26. The third-order valence-corrected chi connectivity index (χ3v) is 4.11. The molecule has 0 atom stereocenters. The van der Waals surface area contributed by atoms with Crippen molar-refractivity contribution >= 4 is 21.9 Å². The number of rotatable bonds is 5. The number of guanidine groups is 1. The van der Waals surface area contributed by atoms with E-state index in [4.69, 9.17) is 5.73 Å². The lowest BCUT2D eigenvalue weighted by atomic mass is 9.96. The number of nitrogens with one attached hydrogen (secondary N) is 1. The minimum Gasteiger partial charge on any atom is -0.370 e. The van der Waals surface area contributed by atoms with Gasteiger partial charge in [0, 0.05) is 16.4 Å². The summed E-state index contributed by atoms with van der Waals surface area (Å²) in [5.41, 5.74) is 8.42. The summed E-state index contributed by atoms with van der Waals surface area (Å²) >= 11 is 3.62. The van der Waals surface area contributed by atoms with Crippen LogP contribution in [0.1, 0.15) is 25.3 Å². The Labute approximate surface area is 123 Å². The van der Waals surface area contributed by atoms with E-state index in [0.717, 1.165) is 16.6 Å². The van der Waals surface area contributed by atoms with Gasteiger partial charge in [0.05, 0.1) is 6.54 Å². The zero-order valence-electron chi connectivity index (χ0n) is 11.2. The maximum absolute atomic E-state index is 5.86. The highest BCUT2D eigenvalue weighted by atomic mass is 79.9. The van der Waals surface area contributed by atoms with Crippen LogP contribution in [0.4, 0.5) is 0 Å². The molecule has 0 amide bonds. The summed E-state index contributed by atoms with van der Waals surface area (Å²) in [6.07, 6.45) is 2.35. The molecule has 1 aromatic rings. The van der Waals surface area contributed by atoms with Gasteiger partial charge in [-0.1, -0.05) is 46.3 Å². The van der Waals surface area contributed by atoms with Gasteiger partial charge in [0.15, 0.2) is 5.96 Å². The summed E-state index contributed by atoms with van der Waals surface area (Å²) in [6.45, 7) is 7.21. The first-order valence-electron chi connectivity index (χ1n) is 6.47. The Kier molecular flexibility index (Phi) is 4.30. The number of aliphatic imine (C=N–C) groups is 1. The van der Waals surface area contributed by atoms with Gasteiger partial charge in [0.2, 0.25) is 0 Å². The van der Waals surface area contributed by atoms with Gasteiger partial charge in [-0.2, -0.15) is 0 Å². The van der Waals surface area contributed by atoms with Gasteiger partial charge in [-0.25, -0.2) is 0 Å². The maximum atomic E-state index is 5.86. The van der Waals surface area contributed by atoms with E-state index in [1.54, 1.807) is 0 Å². The number of hydrogen-bond donors (Lipinski definition) is 2.